The van der Waals surface area contributed by atoms with Crippen LogP contribution in [0.25, 0.3) is 0 Å². The molecule has 0 aliphatic carbocycles. The molecule has 2 aromatic heterocycles. The number of hydrogen-bond acceptors (Lipinski definition) is 9. The standard InChI is InChI=1S/C28H39N5O5Si/c1-18-9-10-20(39(6,7)8)15-22(18)38-23-12-11-21(37-23)25(34)29-24-26(35-4)30-28(31-27(24)36-5)33-14-13-19(17-33)16-32(2)3/h9-12,15,19H,13-14,16-17H2,1-8H3,(H,29,34). The van der Waals surface area contributed by atoms with E-state index in [-0.39, 0.29) is 29.2 Å². The highest BCUT2D eigenvalue weighted by molar-refractivity contribution is 6.88. The SMILES string of the molecule is COc1nc(N2CCC(CN(C)C)C2)nc(OC)c1NC(=O)c1ccc(Oc2cc([Si](C)(C)C)ccc2C)o1. The molecule has 1 atom stereocenters. The van der Waals surface area contributed by atoms with Gasteiger partial charge in [0, 0.05) is 25.7 Å². The lowest BCUT2D eigenvalue weighted by atomic mass is 10.1. The van der Waals surface area contributed by atoms with E-state index in [1.165, 1.54) is 19.4 Å². The number of anilines is 2. The molecular formula is C28H39N5O5Si. The van der Waals surface area contributed by atoms with Crippen molar-refractivity contribution in [1.82, 2.24) is 14.9 Å². The molecule has 0 saturated carbocycles. The van der Waals surface area contributed by atoms with Gasteiger partial charge in [0.15, 0.2) is 11.4 Å². The van der Waals surface area contributed by atoms with Crippen LogP contribution in [0.3, 0.4) is 0 Å². The van der Waals surface area contributed by atoms with Gasteiger partial charge in [-0.3, -0.25) is 4.79 Å². The highest BCUT2D eigenvalue weighted by atomic mass is 28.3. The third-order valence-corrected chi connectivity index (χ3v) is 8.76. The van der Waals surface area contributed by atoms with Crippen LogP contribution in [0.4, 0.5) is 11.6 Å². The second-order valence-corrected chi connectivity index (χ2v) is 16.3. The molecule has 0 spiro atoms. The van der Waals surface area contributed by atoms with E-state index < -0.39 is 14.0 Å². The van der Waals surface area contributed by atoms with Gasteiger partial charge in [0.25, 0.3) is 11.9 Å². The molecule has 11 heteroatoms. The summed E-state index contributed by atoms with van der Waals surface area (Å²) in [6.45, 7) is 11.5. The van der Waals surface area contributed by atoms with E-state index in [1.807, 2.05) is 13.0 Å². The van der Waals surface area contributed by atoms with Crippen molar-refractivity contribution in [2.24, 2.45) is 5.92 Å². The van der Waals surface area contributed by atoms with Crippen LogP contribution in [-0.4, -0.2) is 76.8 Å². The van der Waals surface area contributed by atoms with E-state index in [9.17, 15) is 4.79 Å². The zero-order valence-electron chi connectivity index (χ0n) is 24.1. The Morgan fingerprint density at radius 3 is 2.44 bits per heavy atom. The number of amides is 1. The molecule has 1 fully saturated rings. The van der Waals surface area contributed by atoms with Crippen molar-refractivity contribution in [3.63, 3.8) is 0 Å². The summed E-state index contributed by atoms with van der Waals surface area (Å²) in [6, 6.07) is 9.44. The predicted molar refractivity (Wildman–Crippen MR) is 155 cm³/mol. The lowest BCUT2D eigenvalue weighted by Crippen LogP contribution is -2.37. The molecule has 1 N–H and O–H groups in total. The van der Waals surface area contributed by atoms with Crippen molar-refractivity contribution in [3.8, 4) is 23.5 Å². The number of benzene rings is 1. The first kappa shape index (κ1) is 28.4. The Hall–Kier alpha value is -3.57. The largest absolute Gasteiger partial charge is 0.479 e. The van der Waals surface area contributed by atoms with Crippen LogP contribution in [0.15, 0.2) is 34.7 Å². The Kier molecular flexibility index (Phi) is 8.50. The first-order valence-electron chi connectivity index (χ1n) is 13.1. The second kappa shape index (κ2) is 11.7. The van der Waals surface area contributed by atoms with Crippen LogP contribution in [0.5, 0.6) is 23.5 Å². The van der Waals surface area contributed by atoms with Gasteiger partial charge in [0.1, 0.15) is 5.75 Å². The molecule has 10 nitrogen and oxygen atoms in total. The Labute approximate surface area is 231 Å². The number of aromatic nitrogens is 2. The van der Waals surface area contributed by atoms with Crippen molar-refractivity contribution in [1.29, 1.82) is 0 Å². The van der Waals surface area contributed by atoms with Gasteiger partial charge in [0.05, 0.1) is 22.3 Å². The van der Waals surface area contributed by atoms with Gasteiger partial charge in [-0.1, -0.05) is 37.0 Å². The van der Waals surface area contributed by atoms with Gasteiger partial charge in [-0.2, -0.15) is 9.97 Å². The molecule has 1 amide bonds. The number of carbonyl (C=O) groups excluding carboxylic acids is 1. The van der Waals surface area contributed by atoms with Gasteiger partial charge < -0.3 is 33.7 Å². The van der Waals surface area contributed by atoms with E-state index >= 15 is 0 Å². The first-order valence-corrected chi connectivity index (χ1v) is 16.6. The molecule has 39 heavy (non-hydrogen) atoms. The van der Waals surface area contributed by atoms with Crippen LogP contribution < -0.4 is 29.6 Å². The minimum absolute atomic E-state index is 0.0725. The van der Waals surface area contributed by atoms with Crippen molar-refractivity contribution < 1.29 is 23.4 Å². The van der Waals surface area contributed by atoms with Crippen LogP contribution in [0, 0.1) is 12.8 Å². The van der Waals surface area contributed by atoms with Crippen molar-refractivity contribution >= 4 is 30.8 Å². The summed E-state index contributed by atoms with van der Waals surface area (Å²) in [5, 5.41) is 4.06. The molecular weight excluding hydrogens is 514 g/mol. The van der Waals surface area contributed by atoms with E-state index in [0.29, 0.717) is 17.6 Å². The maximum absolute atomic E-state index is 13.1. The Morgan fingerprint density at radius 2 is 1.82 bits per heavy atom. The summed E-state index contributed by atoms with van der Waals surface area (Å²) in [4.78, 5) is 26.6. The lowest BCUT2D eigenvalue weighted by Gasteiger charge is -2.20. The summed E-state index contributed by atoms with van der Waals surface area (Å²) >= 11 is 0. The summed E-state index contributed by atoms with van der Waals surface area (Å²) in [5.74, 6) is 1.96. The first-order chi connectivity index (χ1) is 18.5. The number of methoxy groups -OCH3 is 2. The molecule has 210 valence electrons. The third kappa shape index (κ3) is 6.71. The fourth-order valence-corrected chi connectivity index (χ4v) is 5.74. The highest BCUT2D eigenvalue weighted by Crippen LogP contribution is 2.35. The van der Waals surface area contributed by atoms with Crippen molar-refractivity contribution in [2.75, 3.05) is 58.2 Å². The number of rotatable bonds is 10. The summed E-state index contributed by atoms with van der Waals surface area (Å²) in [7, 11) is 5.62. The molecule has 1 aliphatic heterocycles. The van der Waals surface area contributed by atoms with Crippen LogP contribution in [0.2, 0.25) is 19.6 Å². The number of furan rings is 1. The van der Waals surface area contributed by atoms with Crippen LogP contribution in [0.1, 0.15) is 22.5 Å². The van der Waals surface area contributed by atoms with Gasteiger partial charge in [-0.05, 0) is 51.1 Å². The Bertz CT molecular complexity index is 1290. The molecule has 1 aromatic carbocycles. The van der Waals surface area contributed by atoms with Crippen molar-refractivity contribution in [3.05, 3.63) is 41.7 Å². The second-order valence-electron chi connectivity index (χ2n) is 11.2. The zero-order valence-corrected chi connectivity index (χ0v) is 25.1. The van der Waals surface area contributed by atoms with E-state index in [4.69, 9.17) is 18.6 Å². The normalized spacial score (nSPS) is 15.5. The number of aryl methyl sites for hydroxylation is 1. The number of hydrogen-bond donors (Lipinski definition) is 1. The maximum Gasteiger partial charge on any atom is 0.291 e. The fourth-order valence-electron chi connectivity index (χ4n) is 4.59. The molecule has 0 bridgehead atoms. The topological polar surface area (TPSA) is 102 Å². The molecule has 1 unspecified atom stereocenters. The minimum atomic E-state index is -1.52. The molecule has 4 rings (SSSR count). The summed E-state index contributed by atoms with van der Waals surface area (Å²) in [5.41, 5.74) is 1.22. The van der Waals surface area contributed by atoms with E-state index in [1.54, 1.807) is 12.1 Å². The molecule has 1 saturated heterocycles. The monoisotopic (exact) mass is 553 g/mol. The number of nitrogens with zero attached hydrogens (tertiary/aromatic N) is 4. The quantitative estimate of drug-likeness (QED) is 0.367. The van der Waals surface area contributed by atoms with Gasteiger partial charge in [-0.15, -0.1) is 0 Å². The zero-order chi connectivity index (χ0) is 28.3. The average molecular weight is 554 g/mol. The minimum Gasteiger partial charge on any atom is -0.479 e. The number of carbonyl (C=O) groups is 1. The Balaban J connectivity index is 1.51. The van der Waals surface area contributed by atoms with Crippen molar-refractivity contribution in [2.45, 2.75) is 33.0 Å². The van der Waals surface area contributed by atoms with Crippen LogP contribution in [-0.2, 0) is 0 Å². The Morgan fingerprint density at radius 1 is 1.13 bits per heavy atom. The van der Waals surface area contributed by atoms with E-state index in [2.05, 4.69) is 71.0 Å². The molecule has 3 heterocycles. The summed E-state index contributed by atoms with van der Waals surface area (Å²) in [6.07, 6.45) is 1.05. The van der Waals surface area contributed by atoms with E-state index in [0.717, 1.165) is 31.6 Å². The van der Waals surface area contributed by atoms with Gasteiger partial charge in [0.2, 0.25) is 17.7 Å². The maximum atomic E-state index is 13.1. The molecule has 0 radical (unpaired) electrons. The molecule has 3 aromatic rings. The highest BCUT2D eigenvalue weighted by Gasteiger charge is 2.28. The smallest absolute Gasteiger partial charge is 0.291 e. The third-order valence-electron chi connectivity index (χ3n) is 6.72. The van der Waals surface area contributed by atoms with Gasteiger partial charge in [-0.25, -0.2) is 0 Å². The number of ether oxygens (including phenoxy) is 3. The summed E-state index contributed by atoms with van der Waals surface area (Å²) < 4.78 is 22.8. The lowest BCUT2D eigenvalue weighted by molar-refractivity contribution is 0.0990. The van der Waals surface area contributed by atoms with Gasteiger partial charge >= 0.3 is 0 Å². The predicted octanol–water partition coefficient (Wildman–Crippen LogP) is 4.37. The van der Waals surface area contributed by atoms with Crippen LogP contribution >= 0.6 is 0 Å². The average Bonchev–Trinajstić information content (AvgIpc) is 3.54. The number of nitrogens with one attached hydrogen (secondary N) is 1. The molecule has 1 aliphatic rings. The fraction of sp³-hybridized carbons (Fsp3) is 0.464.